The van der Waals surface area contributed by atoms with Gasteiger partial charge in [0.15, 0.2) is 12.4 Å². The van der Waals surface area contributed by atoms with Crippen LogP contribution in [-0.2, 0) is 9.53 Å². The zero-order valence-electron chi connectivity index (χ0n) is 5.78. The monoisotopic (exact) mass is 142 g/mol. The number of ether oxygens (including phenoxy) is 1. The minimum atomic E-state index is -0.664. The maximum absolute atomic E-state index is 10.2. The van der Waals surface area contributed by atoms with Crippen molar-refractivity contribution in [2.75, 3.05) is 0 Å². The van der Waals surface area contributed by atoms with Gasteiger partial charge < -0.3 is 9.84 Å². The van der Waals surface area contributed by atoms with E-state index >= 15 is 0 Å². The van der Waals surface area contributed by atoms with Gasteiger partial charge in [-0.2, -0.15) is 0 Å². The molecule has 0 saturated carbocycles. The highest BCUT2D eigenvalue weighted by Gasteiger charge is 2.22. The van der Waals surface area contributed by atoms with Crippen molar-refractivity contribution in [1.29, 1.82) is 0 Å². The lowest BCUT2D eigenvalue weighted by molar-refractivity contribution is -0.121. The summed E-state index contributed by atoms with van der Waals surface area (Å²) in [5.41, 5.74) is 0.964. The summed E-state index contributed by atoms with van der Waals surface area (Å²) in [7, 11) is 0. The van der Waals surface area contributed by atoms with Crippen LogP contribution < -0.4 is 0 Å². The molecule has 1 heterocycles. The first-order valence-electron chi connectivity index (χ1n) is 3.18. The van der Waals surface area contributed by atoms with E-state index < -0.39 is 12.2 Å². The van der Waals surface area contributed by atoms with Crippen LogP contribution in [0, 0.1) is 0 Å². The molecule has 0 aromatic rings. The molecule has 0 saturated heterocycles. The Balaban J connectivity index is 2.60. The zero-order valence-corrected chi connectivity index (χ0v) is 5.78. The van der Waals surface area contributed by atoms with E-state index in [2.05, 4.69) is 0 Å². The molecule has 0 aliphatic carbocycles. The van der Waals surface area contributed by atoms with Crippen LogP contribution in [0.2, 0.25) is 0 Å². The Bertz CT molecular complexity index is 162. The Kier molecular flexibility index (Phi) is 2.06. The van der Waals surface area contributed by atoms with E-state index in [9.17, 15) is 4.79 Å². The van der Waals surface area contributed by atoms with Gasteiger partial charge in [-0.1, -0.05) is 0 Å². The third-order valence-electron chi connectivity index (χ3n) is 1.47. The maximum atomic E-state index is 10.2. The van der Waals surface area contributed by atoms with Crippen molar-refractivity contribution < 1.29 is 14.6 Å². The van der Waals surface area contributed by atoms with Gasteiger partial charge in [0.1, 0.15) is 6.10 Å². The molecule has 10 heavy (non-hydrogen) atoms. The van der Waals surface area contributed by atoms with Crippen LogP contribution >= 0.6 is 0 Å². The Morgan fingerprint density at radius 3 is 3.10 bits per heavy atom. The molecular formula is C7H10O3. The molecule has 1 rings (SSSR count). The highest BCUT2D eigenvalue weighted by molar-refractivity contribution is 5.57. The van der Waals surface area contributed by atoms with Gasteiger partial charge in [-0.05, 0) is 12.5 Å². The fraction of sp³-hybridized carbons (Fsp3) is 0.571. The van der Waals surface area contributed by atoms with Gasteiger partial charge in [0.2, 0.25) is 0 Å². The number of hydrogen-bond donors (Lipinski definition) is 1. The van der Waals surface area contributed by atoms with E-state index in [1.54, 1.807) is 0 Å². The molecule has 1 N–H and O–H groups in total. The van der Waals surface area contributed by atoms with Gasteiger partial charge >= 0.3 is 0 Å². The second kappa shape index (κ2) is 2.84. The first kappa shape index (κ1) is 7.28. The van der Waals surface area contributed by atoms with Gasteiger partial charge in [0.25, 0.3) is 0 Å². The molecule has 2 atom stereocenters. The number of aldehydes is 1. The summed E-state index contributed by atoms with van der Waals surface area (Å²) in [4.78, 5) is 10.2. The Morgan fingerprint density at radius 2 is 2.60 bits per heavy atom. The summed E-state index contributed by atoms with van der Waals surface area (Å²) < 4.78 is 4.87. The summed E-state index contributed by atoms with van der Waals surface area (Å²) >= 11 is 0. The number of hydrogen-bond acceptors (Lipinski definition) is 3. The van der Waals surface area contributed by atoms with Crippen molar-refractivity contribution in [2.45, 2.75) is 25.6 Å². The molecule has 0 fully saturated rings. The second-order valence-electron chi connectivity index (χ2n) is 2.47. The molecule has 0 spiro atoms. The number of aliphatic hydroxyl groups excluding tert-OH is 1. The fourth-order valence-corrected chi connectivity index (χ4v) is 0.902. The molecule has 1 aliphatic heterocycles. The van der Waals surface area contributed by atoms with Crippen molar-refractivity contribution in [3.8, 4) is 0 Å². The molecule has 56 valence electrons. The van der Waals surface area contributed by atoms with E-state index in [0.717, 1.165) is 5.57 Å². The lowest BCUT2D eigenvalue weighted by Gasteiger charge is -2.22. The zero-order chi connectivity index (χ0) is 7.56. The summed E-state index contributed by atoms with van der Waals surface area (Å²) in [6.07, 6.45) is 1.34. The standard InChI is InChI=1S/C7H10O3/c1-5-2-6(9)7(3-8)10-4-5/h3-4,6-7,9H,2H2,1H3/t6-,7-/m1/s1. The lowest BCUT2D eigenvalue weighted by Crippen LogP contribution is -2.31. The van der Waals surface area contributed by atoms with E-state index in [1.165, 1.54) is 6.26 Å². The van der Waals surface area contributed by atoms with Crippen LogP contribution in [0.5, 0.6) is 0 Å². The first-order chi connectivity index (χ1) is 4.74. The number of rotatable bonds is 1. The van der Waals surface area contributed by atoms with Crippen LogP contribution in [-0.4, -0.2) is 23.6 Å². The molecular weight excluding hydrogens is 132 g/mol. The van der Waals surface area contributed by atoms with E-state index in [0.29, 0.717) is 12.7 Å². The number of carbonyl (C=O) groups is 1. The normalized spacial score (nSPS) is 32.4. The Labute approximate surface area is 59.3 Å². The SMILES string of the molecule is CC1=CO[C@H](C=O)[C@H](O)C1. The predicted octanol–water partition coefficient (Wildman–Crippen LogP) is 0.239. The lowest BCUT2D eigenvalue weighted by atomic mass is 10.1. The van der Waals surface area contributed by atoms with Crippen molar-refractivity contribution >= 4 is 6.29 Å². The van der Waals surface area contributed by atoms with Gasteiger partial charge in [-0.25, -0.2) is 0 Å². The molecule has 0 aromatic heterocycles. The third kappa shape index (κ3) is 1.36. The molecule has 0 radical (unpaired) electrons. The molecule has 3 nitrogen and oxygen atoms in total. The topological polar surface area (TPSA) is 46.5 Å². The summed E-state index contributed by atoms with van der Waals surface area (Å²) in [5, 5.41) is 9.14. The second-order valence-corrected chi connectivity index (χ2v) is 2.47. The molecule has 0 aromatic carbocycles. The molecule has 0 amide bonds. The average molecular weight is 142 g/mol. The fourth-order valence-electron chi connectivity index (χ4n) is 0.902. The molecule has 0 unspecified atom stereocenters. The average Bonchev–Trinajstić information content (AvgIpc) is 1.88. The van der Waals surface area contributed by atoms with Crippen LogP contribution in [0.1, 0.15) is 13.3 Å². The molecule has 0 bridgehead atoms. The Hall–Kier alpha value is -0.830. The van der Waals surface area contributed by atoms with Gasteiger partial charge in [0, 0.05) is 6.42 Å². The quantitative estimate of drug-likeness (QED) is 0.533. The van der Waals surface area contributed by atoms with Gasteiger partial charge in [0.05, 0.1) is 6.26 Å². The van der Waals surface area contributed by atoms with E-state index in [1.807, 2.05) is 6.92 Å². The maximum Gasteiger partial charge on any atom is 0.179 e. The number of carbonyl (C=O) groups excluding carboxylic acids is 1. The predicted molar refractivity (Wildman–Crippen MR) is 35.3 cm³/mol. The van der Waals surface area contributed by atoms with Crippen LogP contribution in [0.4, 0.5) is 0 Å². The number of aliphatic hydroxyl groups is 1. The first-order valence-corrected chi connectivity index (χ1v) is 3.18. The summed E-state index contributed by atoms with van der Waals surface area (Å²) in [5.74, 6) is 0. The highest BCUT2D eigenvalue weighted by atomic mass is 16.5. The smallest absolute Gasteiger partial charge is 0.179 e. The van der Waals surface area contributed by atoms with E-state index in [-0.39, 0.29) is 0 Å². The summed E-state index contributed by atoms with van der Waals surface area (Å²) in [6.45, 7) is 1.85. The summed E-state index contributed by atoms with van der Waals surface area (Å²) in [6, 6.07) is 0. The van der Waals surface area contributed by atoms with E-state index in [4.69, 9.17) is 9.84 Å². The minimum absolute atomic E-state index is 0.531. The highest BCUT2D eigenvalue weighted by Crippen LogP contribution is 2.15. The van der Waals surface area contributed by atoms with Crippen LogP contribution in [0.25, 0.3) is 0 Å². The van der Waals surface area contributed by atoms with Crippen molar-refractivity contribution in [3.63, 3.8) is 0 Å². The molecule has 1 aliphatic rings. The van der Waals surface area contributed by atoms with Crippen molar-refractivity contribution in [1.82, 2.24) is 0 Å². The molecule has 3 heteroatoms. The third-order valence-corrected chi connectivity index (χ3v) is 1.47. The van der Waals surface area contributed by atoms with Crippen molar-refractivity contribution in [2.24, 2.45) is 0 Å². The van der Waals surface area contributed by atoms with Crippen molar-refractivity contribution in [3.05, 3.63) is 11.8 Å². The Morgan fingerprint density at radius 1 is 1.90 bits per heavy atom. The van der Waals surface area contributed by atoms with Gasteiger partial charge in [-0.3, -0.25) is 4.79 Å². The van der Waals surface area contributed by atoms with Crippen LogP contribution in [0.15, 0.2) is 11.8 Å². The van der Waals surface area contributed by atoms with Crippen LogP contribution in [0.3, 0.4) is 0 Å². The van der Waals surface area contributed by atoms with Gasteiger partial charge in [-0.15, -0.1) is 0 Å². The minimum Gasteiger partial charge on any atom is -0.488 e. The largest absolute Gasteiger partial charge is 0.488 e.